The average Bonchev–Trinajstić information content (AvgIpc) is 3.45. The Balaban J connectivity index is 1.44. The zero-order chi connectivity index (χ0) is 20.2. The van der Waals surface area contributed by atoms with Crippen LogP contribution in [0.25, 0.3) is 22.0 Å². The second-order valence-corrected chi connectivity index (χ2v) is 7.31. The summed E-state index contributed by atoms with van der Waals surface area (Å²) in [6.45, 7) is 3.80. The molecule has 146 valence electrons. The van der Waals surface area contributed by atoms with Crippen molar-refractivity contribution in [1.82, 2.24) is 15.2 Å². The number of carbonyl (C=O) groups is 1. The lowest BCUT2D eigenvalue weighted by Gasteiger charge is -2.07. The van der Waals surface area contributed by atoms with Crippen molar-refractivity contribution < 1.29 is 13.9 Å². The first-order valence-electron chi connectivity index (χ1n) is 9.28. The molecule has 0 amide bonds. The third-order valence-electron chi connectivity index (χ3n) is 4.42. The Bertz CT molecular complexity index is 1100. The topological polar surface area (TPSA) is 78.1 Å². The SMILES string of the molecule is CCc1ccc(-c2nc(C(=O)O[C@@H](C)c3nnc(-c4ccccc4)o3)cs2)cc1. The minimum Gasteiger partial charge on any atom is -0.448 e. The monoisotopic (exact) mass is 405 g/mol. The van der Waals surface area contributed by atoms with E-state index in [2.05, 4.69) is 34.2 Å². The van der Waals surface area contributed by atoms with Crippen molar-refractivity contribution in [1.29, 1.82) is 0 Å². The van der Waals surface area contributed by atoms with E-state index in [0.29, 0.717) is 5.89 Å². The van der Waals surface area contributed by atoms with Gasteiger partial charge in [0.05, 0.1) is 0 Å². The third-order valence-corrected chi connectivity index (χ3v) is 5.31. The summed E-state index contributed by atoms with van der Waals surface area (Å²) in [5.41, 5.74) is 3.30. The lowest BCUT2D eigenvalue weighted by molar-refractivity contribution is 0.0274. The molecule has 0 aliphatic rings. The lowest BCUT2D eigenvalue weighted by atomic mass is 10.1. The van der Waals surface area contributed by atoms with Crippen molar-refractivity contribution in [3.8, 4) is 22.0 Å². The van der Waals surface area contributed by atoms with Crippen LogP contribution in [0.15, 0.2) is 64.4 Å². The van der Waals surface area contributed by atoms with Crippen molar-refractivity contribution in [2.45, 2.75) is 26.4 Å². The van der Waals surface area contributed by atoms with Gasteiger partial charge < -0.3 is 9.15 Å². The fourth-order valence-electron chi connectivity index (χ4n) is 2.75. The van der Waals surface area contributed by atoms with Gasteiger partial charge in [0.15, 0.2) is 11.8 Å². The van der Waals surface area contributed by atoms with Gasteiger partial charge >= 0.3 is 5.97 Å². The number of rotatable bonds is 6. The third kappa shape index (κ3) is 4.25. The van der Waals surface area contributed by atoms with Gasteiger partial charge in [-0.15, -0.1) is 21.5 Å². The highest BCUT2D eigenvalue weighted by Crippen LogP contribution is 2.26. The van der Waals surface area contributed by atoms with Crippen molar-refractivity contribution in [2.24, 2.45) is 0 Å². The van der Waals surface area contributed by atoms with Crippen LogP contribution in [-0.4, -0.2) is 21.2 Å². The van der Waals surface area contributed by atoms with Crippen LogP contribution in [0.5, 0.6) is 0 Å². The molecule has 0 bridgehead atoms. The maximum absolute atomic E-state index is 12.5. The molecule has 0 spiro atoms. The molecule has 0 unspecified atom stereocenters. The zero-order valence-electron chi connectivity index (χ0n) is 16.0. The summed E-state index contributed by atoms with van der Waals surface area (Å²) in [7, 11) is 0. The smallest absolute Gasteiger partial charge is 0.358 e. The van der Waals surface area contributed by atoms with Gasteiger partial charge in [-0.3, -0.25) is 0 Å². The number of carbonyl (C=O) groups excluding carboxylic acids is 1. The van der Waals surface area contributed by atoms with Crippen molar-refractivity contribution in [2.75, 3.05) is 0 Å². The molecule has 0 saturated carbocycles. The van der Waals surface area contributed by atoms with E-state index < -0.39 is 12.1 Å². The Morgan fingerprint density at radius 2 is 1.83 bits per heavy atom. The highest BCUT2D eigenvalue weighted by molar-refractivity contribution is 7.13. The number of hydrogen-bond donors (Lipinski definition) is 0. The standard InChI is InChI=1S/C22H19N3O3S/c1-3-15-9-11-17(12-10-15)21-23-18(13-29-21)22(26)27-14(2)19-24-25-20(28-19)16-7-5-4-6-8-16/h4-14H,3H2,1-2H3/t14-/m0/s1. The molecule has 2 aromatic heterocycles. The van der Waals surface area contributed by atoms with Gasteiger partial charge in [0.1, 0.15) is 5.01 Å². The van der Waals surface area contributed by atoms with E-state index in [9.17, 15) is 4.79 Å². The highest BCUT2D eigenvalue weighted by atomic mass is 32.1. The first-order chi connectivity index (χ1) is 14.1. The molecule has 7 heteroatoms. The number of hydrogen-bond acceptors (Lipinski definition) is 7. The van der Waals surface area contributed by atoms with Crippen LogP contribution in [0.3, 0.4) is 0 Å². The zero-order valence-corrected chi connectivity index (χ0v) is 16.8. The van der Waals surface area contributed by atoms with E-state index in [1.807, 2.05) is 42.5 Å². The fraction of sp³-hybridized carbons (Fsp3) is 0.182. The second kappa shape index (κ2) is 8.36. The van der Waals surface area contributed by atoms with Gasteiger partial charge in [0, 0.05) is 16.5 Å². The molecule has 0 aliphatic heterocycles. The normalized spacial score (nSPS) is 11.9. The largest absolute Gasteiger partial charge is 0.448 e. The summed E-state index contributed by atoms with van der Waals surface area (Å²) in [6.07, 6.45) is 0.302. The molecular formula is C22H19N3O3S. The molecule has 0 radical (unpaired) electrons. The van der Waals surface area contributed by atoms with E-state index in [4.69, 9.17) is 9.15 Å². The van der Waals surface area contributed by atoms with Crippen LogP contribution in [0.4, 0.5) is 0 Å². The summed E-state index contributed by atoms with van der Waals surface area (Å²) >= 11 is 1.41. The Kier molecular flexibility index (Phi) is 5.48. The predicted molar refractivity (Wildman–Crippen MR) is 110 cm³/mol. The summed E-state index contributed by atoms with van der Waals surface area (Å²) in [6, 6.07) is 17.6. The number of nitrogens with zero attached hydrogens (tertiary/aromatic N) is 3. The van der Waals surface area contributed by atoms with E-state index in [1.165, 1.54) is 16.9 Å². The molecule has 1 atom stereocenters. The first-order valence-corrected chi connectivity index (χ1v) is 10.2. The summed E-state index contributed by atoms with van der Waals surface area (Å²) < 4.78 is 11.1. The maximum Gasteiger partial charge on any atom is 0.358 e. The van der Waals surface area contributed by atoms with Crippen LogP contribution in [-0.2, 0) is 11.2 Å². The Hall–Kier alpha value is -3.32. The second-order valence-electron chi connectivity index (χ2n) is 6.45. The van der Waals surface area contributed by atoms with Gasteiger partial charge in [-0.1, -0.05) is 49.4 Å². The van der Waals surface area contributed by atoms with E-state index in [0.717, 1.165) is 22.6 Å². The summed E-state index contributed by atoms with van der Waals surface area (Å²) in [5, 5.41) is 10.5. The van der Waals surface area contributed by atoms with Gasteiger partial charge in [0.2, 0.25) is 5.89 Å². The van der Waals surface area contributed by atoms with Gasteiger partial charge in [-0.2, -0.15) is 0 Å². The highest BCUT2D eigenvalue weighted by Gasteiger charge is 2.21. The molecule has 4 rings (SSSR count). The predicted octanol–water partition coefficient (Wildman–Crippen LogP) is 5.34. The maximum atomic E-state index is 12.5. The minimum absolute atomic E-state index is 0.239. The van der Waals surface area contributed by atoms with Crippen molar-refractivity contribution in [3.63, 3.8) is 0 Å². The Morgan fingerprint density at radius 3 is 2.55 bits per heavy atom. The van der Waals surface area contributed by atoms with Gasteiger partial charge in [-0.25, -0.2) is 9.78 Å². The number of aromatic nitrogens is 3. The van der Waals surface area contributed by atoms with Crippen molar-refractivity contribution in [3.05, 3.63) is 77.1 Å². The van der Waals surface area contributed by atoms with Gasteiger partial charge in [0.25, 0.3) is 5.89 Å². The number of esters is 1. The molecule has 0 saturated heterocycles. The summed E-state index contributed by atoms with van der Waals surface area (Å²) in [5.74, 6) is 0.0995. The molecule has 4 aromatic rings. The molecule has 2 heterocycles. The van der Waals surface area contributed by atoms with E-state index in [-0.39, 0.29) is 11.6 Å². The molecule has 6 nitrogen and oxygen atoms in total. The molecule has 0 aliphatic carbocycles. The summed E-state index contributed by atoms with van der Waals surface area (Å²) in [4.78, 5) is 16.9. The minimum atomic E-state index is -0.679. The number of ether oxygens (including phenoxy) is 1. The van der Waals surface area contributed by atoms with E-state index >= 15 is 0 Å². The number of benzene rings is 2. The quantitative estimate of drug-likeness (QED) is 0.403. The van der Waals surface area contributed by atoms with Crippen LogP contribution in [0.1, 0.15) is 41.9 Å². The molecule has 0 fully saturated rings. The van der Waals surface area contributed by atoms with Crippen LogP contribution < -0.4 is 0 Å². The van der Waals surface area contributed by atoms with Crippen LogP contribution in [0, 0.1) is 0 Å². The molecule has 0 N–H and O–H groups in total. The fourth-order valence-corrected chi connectivity index (χ4v) is 3.55. The van der Waals surface area contributed by atoms with Crippen molar-refractivity contribution >= 4 is 17.3 Å². The first kappa shape index (κ1) is 19.0. The van der Waals surface area contributed by atoms with Crippen LogP contribution >= 0.6 is 11.3 Å². The Labute approximate surface area is 172 Å². The number of aryl methyl sites for hydroxylation is 1. The van der Waals surface area contributed by atoms with Gasteiger partial charge in [-0.05, 0) is 31.0 Å². The van der Waals surface area contributed by atoms with E-state index in [1.54, 1.807) is 12.3 Å². The molecule has 29 heavy (non-hydrogen) atoms. The Morgan fingerprint density at radius 1 is 1.07 bits per heavy atom. The lowest BCUT2D eigenvalue weighted by Crippen LogP contribution is -2.10. The molecule has 2 aromatic carbocycles. The average molecular weight is 405 g/mol. The van der Waals surface area contributed by atoms with Crippen LogP contribution in [0.2, 0.25) is 0 Å². The number of thiazole rings is 1. The molecular weight excluding hydrogens is 386 g/mol.